The second-order valence-corrected chi connectivity index (χ2v) is 3.57. The third-order valence-corrected chi connectivity index (χ3v) is 1.64. The fourth-order valence-corrected chi connectivity index (χ4v) is 0.844. The zero-order chi connectivity index (χ0) is 10.3. The molecule has 0 amide bonds. The van der Waals surface area contributed by atoms with Crippen LogP contribution in [0.3, 0.4) is 0 Å². The van der Waals surface area contributed by atoms with Crippen LogP contribution in [0, 0.1) is 16.7 Å². The third kappa shape index (κ3) is 7.66. The highest BCUT2D eigenvalue weighted by Gasteiger charge is 2.15. The van der Waals surface area contributed by atoms with Gasteiger partial charge in [-0.15, -0.1) is 0 Å². The maximum Gasteiger partial charge on any atom is 0.261 e. The summed E-state index contributed by atoms with van der Waals surface area (Å²) in [6, 6.07) is 2.14. The first kappa shape index (κ1) is 12.3. The molecule has 0 spiro atoms. The molecule has 0 rings (SSSR count). The van der Waals surface area contributed by atoms with Gasteiger partial charge in [-0.2, -0.15) is 5.26 Å². The fraction of sp³-hybridized carbons (Fsp3) is 0.889. The molecule has 0 heterocycles. The summed E-state index contributed by atoms with van der Waals surface area (Å²) >= 11 is 0. The molecule has 0 aromatic rings. The predicted molar refractivity (Wildman–Crippen MR) is 45.5 cm³/mol. The Morgan fingerprint density at radius 3 is 2.54 bits per heavy atom. The number of nitrogens with zero attached hydrogens (tertiary/aromatic N) is 1. The molecule has 0 aromatic carbocycles. The molecule has 2 nitrogen and oxygen atoms in total. The Labute approximate surface area is 77.5 Å². The molecule has 0 atom stereocenters. The quantitative estimate of drug-likeness (QED) is 0.604. The molecule has 0 aromatic heterocycles. The summed E-state index contributed by atoms with van der Waals surface area (Å²) in [6.07, 6.45) is -1.08. The van der Waals surface area contributed by atoms with E-state index in [9.17, 15) is 8.78 Å². The van der Waals surface area contributed by atoms with E-state index >= 15 is 0 Å². The zero-order valence-electron chi connectivity index (χ0n) is 8.02. The number of halogens is 2. The molecule has 0 saturated carbocycles. The summed E-state index contributed by atoms with van der Waals surface area (Å²) in [5, 5.41) is 8.63. The summed E-state index contributed by atoms with van der Waals surface area (Å²) in [5.41, 5.74) is -0.381. The van der Waals surface area contributed by atoms with Crippen molar-refractivity contribution >= 4 is 0 Å². The third-order valence-electron chi connectivity index (χ3n) is 1.64. The van der Waals surface area contributed by atoms with E-state index in [1.807, 2.05) is 13.8 Å². The molecule has 0 aliphatic heterocycles. The van der Waals surface area contributed by atoms with E-state index in [1.54, 1.807) is 0 Å². The molecule has 0 N–H and O–H groups in total. The lowest BCUT2D eigenvalue weighted by Crippen LogP contribution is -2.11. The Morgan fingerprint density at radius 2 is 2.08 bits per heavy atom. The van der Waals surface area contributed by atoms with Crippen molar-refractivity contribution < 1.29 is 13.5 Å². The summed E-state index contributed by atoms with van der Waals surface area (Å²) in [7, 11) is 0. The van der Waals surface area contributed by atoms with Crippen LogP contribution < -0.4 is 0 Å². The molecule has 0 saturated heterocycles. The van der Waals surface area contributed by atoms with Gasteiger partial charge in [0.2, 0.25) is 0 Å². The van der Waals surface area contributed by atoms with Gasteiger partial charge in [0, 0.05) is 6.61 Å². The Bertz CT molecular complexity index is 175. The Morgan fingerprint density at radius 1 is 1.46 bits per heavy atom. The van der Waals surface area contributed by atoms with E-state index in [2.05, 4.69) is 10.8 Å². The number of rotatable bonds is 6. The lowest BCUT2D eigenvalue weighted by atomic mass is 9.90. The smallest absolute Gasteiger partial charge is 0.261 e. The highest BCUT2D eigenvalue weighted by Crippen LogP contribution is 2.20. The lowest BCUT2D eigenvalue weighted by Gasteiger charge is -2.14. The van der Waals surface area contributed by atoms with Gasteiger partial charge < -0.3 is 4.74 Å². The summed E-state index contributed by atoms with van der Waals surface area (Å²) in [6.45, 7) is 3.43. The number of alkyl halides is 2. The molecule has 0 unspecified atom stereocenters. The second kappa shape index (κ2) is 5.87. The molecule has 0 aliphatic carbocycles. The van der Waals surface area contributed by atoms with Crippen LogP contribution in [0.4, 0.5) is 8.78 Å². The van der Waals surface area contributed by atoms with Crippen LogP contribution in [0.15, 0.2) is 0 Å². The van der Waals surface area contributed by atoms with Gasteiger partial charge in [-0.1, -0.05) is 0 Å². The van der Waals surface area contributed by atoms with Crippen molar-refractivity contribution in [3.05, 3.63) is 0 Å². The van der Waals surface area contributed by atoms with E-state index in [0.717, 1.165) is 0 Å². The van der Waals surface area contributed by atoms with Crippen LogP contribution in [0.5, 0.6) is 0 Å². The Hall–Kier alpha value is -0.690. The molecule has 0 bridgehead atoms. The van der Waals surface area contributed by atoms with Crippen LogP contribution in [0.25, 0.3) is 0 Å². The molecular weight excluding hydrogens is 176 g/mol. The van der Waals surface area contributed by atoms with Crippen LogP contribution >= 0.6 is 0 Å². The van der Waals surface area contributed by atoms with Crippen molar-refractivity contribution in [1.82, 2.24) is 0 Å². The minimum Gasteiger partial charge on any atom is -0.376 e. The molecule has 13 heavy (non-hydrogen) atoms. The molecule has 0 aliphatic rings. The van der Waals surface area contributed by atoms with E-state index in [4.69, 9.17) is 5.26 Å². The Balaban J connectivity index is 3.32. The van der Waals surface area contributed by atoms with Crippen LogP contribution in [0.2, 0.25) is 0 Å². The van der Waals surface area contributed by atoms with Gasteiger partial charge in [-0.05, 0) is 26.7 Å². The predicted octanol–water partition coefficient (Wildman–Crippen LogP) is 2.60. The minimum atomic E-state index is -2.40. The summed E-state index contributed by atoms with van der Waals surface area (Å²) in [5.74, 6) is 0. The maximum absolute atomic E-state index is 11.6. The molecular formula is C9H15F2NO. The summed E-state index contributed by atoms with van der Waals surface area (Å²) in [4.78, 5) is 0. The van der Waals surface area contributed by atoms with Crippen LogP contribution in [-0.4, -0.2) is 19.6 Å². The van der Waals surface area contributed by atoms with E-state index in [1.165, 1.54) is 0 Å². The van der Waals surface area contributed by atoms with Crippen molar-refractivity contribution in [1.29, 1.82) is 5.26 Å². The topological polar surface area (TPSA) is 33.0 Å². The highest BCUT2D eigenvalue weighted by molar-refractivity contribution is 4.91. The molecule has 0 radical (unpaired) electrons. The minimum absolute atomic E-state index is 0.301. The SMILES string of the molecule is CC(C)(C#N)CCCOCC(F)F. The largest absolute Gasteiger partial charge is 0.376 e. The van der Waals surface area contributed by atoms with E-state index in [-0.39, 0.29) is 5.41 Å². The highest BCUT2D eigenvalue weighted by atomic mass is 19.3. The normalized spacial score (nSPS) is 11.7. The number of nitriles is 1. The molecule has 0 fully saturated rings. The van der Waals surface area contributed by atoms with Crippen molar-refractivity contribution in [2.75, 3.05) is 13.2 Å². The molecule has 76 valence electrons. The Kier molecular flexibility index (Phi) is 5.56. The first-order valence-electron chi connectivity index (χ1n) is 4.25. The van der Waals surface area contributed by atoms with E-state index in [0.29, 0.717) is 19.4 Å². The van der Waals surface area contributed by atoms with Crippen LogP contribution in [0.1, 0.15) is 26.7 Å². The second-order valence-electron chi connectivity index (χ2n) is 3.57. The molecule has 4 heteroatoms. The van der Waals surface area contributed by atoms with Gasteiger partial charge in [0.1, 0.15) is 6.61 Å². The van der Waals surface area contributed by atoms with E-state index < -0.39 is 13.0 Å². The van der Waals surface area contributed by atoms with Gasteiger partial charge in [0.05, 0.1) is 11.5 Å². The number of ether oxygens (including phenoxy) is 1. The summed E-state index contributed by atoms with van der Waals surface area (Å²) < 4.78 is 27.8. The number of hydrogen-bond donors (Lipinski definition) is 0. The van der Waals surface area contributed by atoms with Gasteiger partial charge >= 0.3 is 0 Å². The monoisotopic (exact) mass is 191 g/mol. The average Bonchev–Trinajstić information content (AvgIpc) is 2.03. The van der Waals surface area contributed by atoms with Crippen molar-refractivity contribution in [3.63, 3.8) is 0 Å². The fourth-order valence-electron chi connectivity index (χ4n) is 0.844. The van der Waals surface area contributed by atoms with Crippen molar-refractivity contribution in [3.8, 4) is 6.07 Å². The first-order chi connectivity index (χ1) is 5.98. The van der Waals surface area contributed by atoms with Gasteiger partial charge in [0.15, 0.2) is 0 Å². The van der Waals surface area contributed by atoms with Crippen molar-refractivity contribution in [2.24, 2.45) is 5.41 Å². The van der Waals surface area contributed by atoms with Gasteiger partial charge in [-0.3, -0.25) is 0 Å². The van der Waals surface area contributed by atoms with Gasteiger partial charge in [0.25, 0.3) is 6.43 Å². The zero-order valence-corrected chi connectivity index (χ0v) is 8.02. The standard InChI is InChI=1S/C9H15F2NO/c1-9(2,7-12)4-3-5-13-6-8(10)11/h8H,3-6H2,1-2H3. The van der Waals surface area contributed by atoms with Crippen molar-refractivity contribution in [2.45, 2.75) is 33.1 Å². The average molecular weight is 191 g/mol. The maximum atomic E-state index is 11.6. The van der Waals surface area contributed by atoms with Gasteiger partial charge in [-0.25, -0.2) is 8.78 Å². The lowest BCUT2D eigenvalue weighted by molar-refractivity contribution is 0.0149. The first-order valence-corrected chi connectivity index (χ1v) is 4.25. The van der Waals surface area contributed by atoms with Crippen LogP contribution in [-0.2, 0) is 4.74 Å². The number of hydrogen-bond acceptors (Lipinski definition) is 2.